The predicted molar refractivity (Wildman–Crippen MR) is 319 cm³/mol. The molecule has 0 atom stereocenters. The summed E-state index contributed by atoms with van der Waals surface area (Å²) >= 11 is 0. The Morgan fingerprint density at radius 2 is 0.602 bits per heavy atom. The summed E-state index contributed by atoms with van der Waals surface area (Å²) in [4.78, 5) is 60.0. The van der Waals surface area contributed by atoms with Gasteiger partial charge in [-0.25, -0.2) is 9.97 Å². The maximum Gasteiger partial charge on any atom is 2.00 e. The van der Waals surface area contributed by atoms with Gasteiger partial charge in [0, 0.05) is 132 Å². The van der Waals surface area contributed by atoms with E-state index in [1.54, 1.807) is 66.7 Å². The fourth-order valence-corrected chi connectivity index (χ4v) is 11.6. The Balaban J connectivity index is 0.00000400. The van der Waals surface area contributed by atoms with Gasteiger partial charge in [0.25, 0.3) is 0 Å². The molecule has 0 saturated heterocycles. The molecule has 2 aliphatic heterocycles. The molecular formula is C72H51FeN8O6Ra+. The molecule has 9 heterocycles. The fourth-order valence-electron chi connectivity index (χ4n) is 11.6. The second-order valence-electron chi connectivity index (χ2n) is 21.0. The maximum atomic E-state index is 12.6. The van der Waals surface area contributed by atoms with Gasteiger partial charge in [-0.1, -0.05) is 121 Å². The Morgan fingerprint density at radius 3 is 0.886 bits per heavy atom. The summed E-state index contributed by atoms with van der Waals surface area (Å²) in [6.07, 6.45) is 15.6. The molecule has 0 aliphatic carbocycles. The SMILES string of the molecule is Cc1ccccc1C[n+]1ccccc1-c1c2nc(c(-c3cccc[n+]3Cc3ccccc3C(=O)[O-])c3ccc([n-]3)c(-c3cccc[n+]3Cc3ccccc3C(=O)[O-])c3nc(c(-c4cccc[n+]4Cc4ccccc4C(=O)[O-])c4ccc1[n-]4)C=C3)C=C2.[Fe+2].[Ra]. The minimum atomic E-state index is -1.29. The number of pyridine rings is 4. The number of aromatic nitrogens is 8. The van der Waals surface area contributed by atoms with E-state index in [1.807, 2.05) is 160 Å². The molecule has 0 spiro atoms. The van der Waals surface area contributed by atoms with Gasteiger partial charge < -0.3 is 39.7 Å². The molecule has 7 aromatic heterocycles. The zero-order valence-corrected chi connectivity index (χ0v) is 54.4. The van der Waals surface area contributed by atoms with Crippen LogP contribution in [0.3, 0.4) is 0 Å². The number of aromatic carboxylic acids is 3. The van der Waals surface area contributed by atoms with E-state index in [0.717, 1.165) is 22.4 Å². The van der Waals surface area contributed by atoms with Crippen molar-refractivity contribution >= 4 is 64.3 Å². The van der Waals surface area contributed by atoms with Crippen molar-refractivity contribution in [2.75, 3.05) is 0 Å². The first-order valence-electron chi connectivity index (χ1n) is 28.0. The number of nitrogens with zero attached hydrogens (tertiary/aromatic N) is 8. The third kappa shape index (κ3) is 12.0. The van der Waals surface area contributed by atoms with Crippen molar-refractivity contribution in [2.24, 2.45) is 0 Å². The van der Waals surface area contributed by atoms with Crippen LogP contribution >= 0.6 is 0 Å². The number of hydrogen-bond acceptors (Lipinski definition) is 8. The molecule has 0 N–H and O–H groups in total. The van der Waals surface area contributed by atoms with Crippen LogP contribution in [0.5, 0.6) is 0 Å². The number of hydrogen-bond donors (Lipinski definition) is 0. The third-order valence-corrected chi connectivity index (χ3v) is 15.7. The van der Waals surface area contributed by atoms with Gasteiger partial charge in [-0.15, -0.1) is 22.1 Å². The molecule has 2 aliphatic rings. The minimum Gasteiger partial charge on any atom is -0.656 e. The van der Waals surface area contributed by atoms with Crippen molar-refractivity contribution in [1.29, 1.82) is 0 Å². The predicted octanol–water partition coefficient (Wildman–Crippen LogP) is 7.32. The number of rotatable bonds is 15. The monoisotopic (exact) mass is 1410 g/mol. The Bertz CT molecular complexity index is 4720. The van der Waals surface area contributed by atoms with Gasteiger partial charge in [-0.05, 0) is 61.1 Å². The minimum absolute atomic E-state index is 0. The van der Waals surface area contributed by atoms with Crippen LogP contribution in [0.4, 0.5) is 0 Å². The third-order valence-electron chi connectivity index (χ3n) is 15.7. The molecule has 14 nitrogen and oxygen atoms in total. The van der Waals surface area contributed by atoms with Gasteiger partial charge in [0.15, 0.2) is 51.0 Å². The summed E-state index contributed by atoms with van der Waals surface area (Å²) < 4.78 is 8.14. The van der Waals surface area contributed by atoms with Gasteiger partial charge in [0.1, 0.15) is 0 Å². The zero-order chi connectivity index (χ0) is 58.8. The van der Waals surface area contributed by atoms with Crippen LogP contribution in [-0.2, 0) is 43.2 Å². The van der Waals surface area contributed by atoms with E-state index in [2.05, 4.69) is 35.9 Å². The molecule has 0 saturated carbocycles. The van der Waals surface area contributed by atoms with Gasteiger partial charge in [0.2, 0.25) is 22.8 Å². The fraction of sp³-hybridized carbons (Fsp3) is 0.0694. The Morgan fingerprint density at radius 1 is 0.352 bits per heavy atom. The van der Waals surface area contributed by atoms with Crippen LogP contribution < -0.4 is 43.6 Å². The van der Waals surface area contributed by atoms with Crippen molar-refractivity contribution in [1.82, 2.24) is 19.9 Å². The van der Waals surface area contributed by atoms with Crippen LogP contribution in [0.15, 0.2) is 219 Å². The number of carbonyl (C=O) groups excluding carboxylic acids is 3. The van der Waals surface area contributed by atoms with E-state index in [-0.39, 0.29) is 98.4 Å². The topological polar surface area (TPSA) is 190 Å². The summed E-state index contributed by atoms with van der Waals surface area (Å²) in [6.45, 7) is 3.14. The average Bonchev–Trinajstić information content (AvgIpc) is 2.43. The second-order valence-corrected chi connectivity index (χ2v) is 21.0. The number of fused-ring (bicyclic) bond motifs is 8. The standard InChI is InChI=1S/C72H52N8O6.Fe.Ra/c1-46-18-2-3-19-47(46)42-77-38-14-10-26-62(77)66-54-30-32-56(73-54)67(63-27-11-15-39-78(63)43-48-20-4-7-23-51(48)70(81)82)58-34-36-60(75-58)69(65-29-13-17-41-80(65)45-50-22-6-9-25-53(50)72(85)86)61-37-35-59(76-61)68(57-33-31-55(66)74-57)64-28-12-16-40-79(64)44-49-21-5-8-24-52(49)71(83)84;;/h2-41H,42-45H2,1H3,(H-3,73,74,75,76,81,82,83,84,85,86);;/q;+2;/p-1. The van der Waals surface area contributed by atoms with Gasteiger partial charge in [0.05, 0.1) is 62.9 Å². The van der Waals surface area contributed by atoms with Crippen LogP contribution in [0, 0.1) is 51.9 Å². The Kier molecular flexibility index (Phi) is 17.9. The number of carboxylic acid groups (broad SMARTS) is 3. The Hall–Kier alpha value is -9.52. The normalized spacial score (nSPS) is 11.4. The molecule has 8 bridgehead atoms. The molecule has 0 fully saturated rings. The van der Waals surface area contributed by atoms with Gasteiger partial charge in [-0.3, -0.25) is 0 Å². The van der Waals surface area contributed by atoms with Crippen molar-refractivity contribution in [3.05, 3.63) is 286 Å². The van der Waals surface area contributed by atoms with E-state index >= 15 is 0 Å². The van der Waals surface area contributed by atoms with Crippen molar-refractivity contribution in [3.8, 4) is 45.0 Å². The molecule has 2 radical (unpaired) electrons. The van der Waals surface area contributed by atoms with Crippen molar-refractivity contribution in [2.45, 2.75) is 33.1 Å². The largest absolute Gasteiger partial charge is 2.00 e. The van der Waals surface area contributed by atoms with E-state index in [0.29, 0.717) is 102 Å². The van der Waals surface area contributed by atoms with Crippen LogP contribution in [-0.4, -0.2) is 27.9 Å². The molecule has 0 unspecified atom stereocenters. The molecule has 424 valence electrons. The summed E-state index contributed by atoms with van der Waals surface area (Å²) in [7, 11) is 0. The summed E-state index contributed by atoms with van der Waals surface area (Å²) in [5.41, 5.74) is 14.3. The quantitative estimate of drug-likeness (QED) is 0.0743. The molecule has 4 aromatic carbocycles. The molecule has 0 amide bonds. The van der Waals surface area contributed by atoms with Gasteiger partial charge >= 0.3 is 17.1 Å². The van der Waals surface area contributed by atoms with Crippen molar-refractivity contribution in [3.63, 3.8) is 0 Å². The molecule has 88 heavy (non-hydrogen) atoms. The summed E-state index contributed by atoms with van der Waals surface area (Å²) in [5.74, 6) is -3.86. The first kappa shape index (κ1) is 60.2. The summed E-state index contributed by atoms with van der Waals surface area (Å²) in [5, 5.41) is 37.7. The second kappa shape index (κ2) is 26.2. The molecule has 13 rings (SSSR count). The van der Waals surface area contributed by atoms with Gasteiger partial charge in [-0.2, -0.15) is 18.3 Å². The Labute approximate surface area is 553 Å². The number of benzene rings is 4. The van der Waals surface area contributed by atoms with E-state index in [4.69, 9.17) is 19.9 Å². The molecule has 11 aromatic rings. The van der Waals surface area contributed by atoms with Crippen LogP contribution in [0.2, 0.25) is 0 Å². The maximum absolute atomic E-state index is 12.6. The summed E-state index contributed by atoms with van der Waals surface area (Å²) in [6, 6.07) is 60.0. The smallest absolute Gasteiger partial charge is 0.656 e. The zero-order valence-electron chi connectivity index (χ0n) is 47.5. The van der Waals surface area contributed by atoms with E-state index in [9.17, 15) is 29.7 Å². The number of carbonyl (C=O) groups is 3. The van der Waals surface area contributed by atoms with E-state index in [1.165, 1.54) is 6.07 Å². The van der Waals surface area contributed by atoms with E-state index < -0.39 is 17.9 Å². The van der Waals surface area contributed by atoms with Crippen LogP contribution in [0.25, 0.3) is 91.4 Å². The number of aryl methyl sites for hydroxylation is 1. The first-order valence-corrected chi connectivity index (χ1v) is 28.0. The van der Waals surface area contributed by atoms with Crippen molar-refractivity contribution < 1.29 is 110 Å². The molecular weight excluding hydrogens is 1350 g/mol. The molecule has 16 heteroatoms. The number of carboxylic acids is 3. The average molecular weight is 1410 g/mol. The first-order chi connectivity index (χ1) is 42.0. The van der Waals surface area contributed by atoms with Crippen LogP contribution in [0.1, 0.15) is 81.7 Å².